The van der Waals surface area contributed by atoms with Crippen LogP contribution in [0.4, 0.5) is 4.39 Å². The van der Waals surface area contributed by atoms with Crippen LogP contribution in [0.3, 0.4) is 0 Å². The zero-order valence-electron chi connectivity index (χ0n) is 6.64. The number of hydrogen-bond acceptors (Lipinski definition) is 2. The van der Waals surface area contributed by atoms with Crippen molar-refractivity contribution in [1.29, 1.82) is 0 Å². The van der Waals surface area contributed by atoms with Crippen molar-refractivity contribution >= 4 is 11.6 Å². The Kier molecular flexibility index (Phi) is 3.03. The molecule has 12 heavy (non-hydrogen) atoms. The van der Waals surface area contributed by atoms with Gasteiger partial charge in [-0.1, -0.05) is 11.6 Å². The molecule has 0 aliphatic heterocycles. The molecule has 0 radical (unpaired) electrons. The molecule has 0 amide bonds. The van der Waals surface area contributed by atoms with Crippen LogP contribution in [0.2, 0.25) is 5.02 Å². The van der Waals surface area contributed by atoms with Crippen LogP contribution < -0.4 is 11.3 Å². The lowest BCUT2D eigenvalue weighted by Gasteiger charge is -2.11. The molecule has 0 unspecified atom stereocenters. The number of rotatable bonds is 2. The molecule has 0 spiro atoms. The van der Waals surface area contributed by atoms with E-state index in [2.05, 4.69) is 5.43 Å². The van der Waals surface area contributed by atoms with Gasteiger partial charge in [0.2, 0.25) is 0 Å². The van der Waals surface area contributed by atoms with Gasteiger partial charge in [0, 0.05) is 11.1 Å². The first kappa shape index (κ1) is 9.45. The second-order valence-electron chi connectivity index (χ2n) is 2.55. The lowest BCUT2D eigenvalue weighted by molar-refractivity contribution is 0.586. The first-order valence-electron chi connectivity index (χ1n) is 3.56. The van der Waals surface area contributed by atoms with E-state index in [0.717, 1.165) is 0 Å². The molecule has 66 valence electrons. The third-order valence-corrected chi connectivity index (χ3v) is 2.02. The van der Waals surface area contributed by atoms with Crippen LogP contribution in [-0.4, -0.2) is 0 Å². The summed E-state index contributed by atoms with van der Waals surface area (Å²) < 4.78 is 12.7. The Morgan fingerprint density at radius 1 is 1.58 bits per heavy atom. The highest BCUT2D eigenvalue weighted by molar-refractivity contribution is 6.31. The number of nitrogens with one attached hydrogen (secondary N) is 1. The molecule has 0 fully saturated rings. The summed E-state index contributed by atoms with van der Waals surface area (Å²) in [4.78, 5) is 0. The van der Waals surface area contributed by atoms with Crippen molar-refractivity contribution in [2.24, 2.45) is 5.84 Å². The van der Waals surface area contributed by atoms with Gasteiger partial charge in [-0.3, -0.25) is 11.3 Å². The van der Waals surface area contributed by atoms with Crippen molar-refractivity contribution in [1.82, 2.24) is 5.43 Å². The molecular weight excluding hydrogens is 179 g/mol. The van der Waals surface area contributed by atoms with Gasteiger partial charge in [-0.25, -0.2) is 4.39 Å². The molecule has 0 heterocycles. The predicted octanol–water partition coefficient (Wildman–Crippen LogP) is 2.00. The SMILES string of the molecule is C[C@H](NN)c1cc(F)ccc1Cl. The molecule has 4 heteroatoms. The molecular formula is C8H10ClFN2. The van der Waals surface area contributed by atoms with E-state index in [1.165, 1.54) is 18.2 Å². The van der Waals surface area contributed by atoms with E-state index in [-0.39, 0.29) is 11.9 Å². The van der Waals surface area contributed by atoms with E-state index in [1.807, 2.05) is 0 Å². The maximum atomic E-state index is 12.7. The summed E-state index contributed by atoms with van der Waals surface area (Å²) in [7, 11) is 0. The van der Waals surface area contributed by atoms with Crippen molar-refractivity contribution in [3.8, 4) is 0 Å². The second kappa shape index (κ2) is 3.85. The number of halogens is 2. The maximum absolute atomic E-state index is 12.7. The number of benzene rings is 1. The minimum atomic E-state index is -0.309. The summed E-state index contributed by atoms with van der Waals surface area (Å²) in [6.07, 6.45) is 0. The van der Waals surface area contributed by atoms with Crippen LogP contribution in [0, 0.1) is 5.82 Å². The molecule has 0 saturated heterocycles. The highest BCUT2D eigenvalue weighted by atomic mass is 35.5. The smallest absolute Gasteiger partial charge is 0.123 e. The Balaban J connectivity index is 3.04. The molecule has 0 aliphatic rings. The first-order chi connectivity index (χ1) is 5.65. The van der Waals surface area contributed by atoms with Gasteiger partial charge in [-0.15, -0.1) is 0 Å². The third kappa shape index (κ3) is 1.94. The van der Waals surface area contributed by atoms with Gasteiger partial charge in [0.05, 0.1) is 0 Å². The Bertz CT molecular complexity index is 278. The Morgan fingerprint density at radius 3 is 2.83 bits per heavy atom. The quantitative estimate of drug-likeness (QED) is 0.551. The van der Waals surface area contributed by atoms with E-state index >= 15 is 0 Å². The van der Waals surface area contributed by atoms with Crippen molar-refractivity contribution in [3.05, 3.63) is 34.6 Å². The fraction of sp³-hybridized carbons (Fsp3) is 0.250. The normalized spacial score (nSPS) is 13.0. The molecule has 2 nitrogen and oxygen atoms in total. The van der Waals surface area contributed by atoms with Gasteiger partial charge < -0.3 is 0 Å². The molecule has 0 saturated carbocycles. The molecule has 1 aromatic rings. The van der Waals surface area contributed by atoms with Crippen LogP contribution in [0.25, 0.3) is 0 Å². The Hall–Kier alpha value is -0.640. The Morgan fingerprint density at radius 2 is 2.25 bits per heavy atom. The summed E-state index contributed by atoms with van der Waals surface area (Å²) in [6.45, 7) is 1.81. The number of hydrogen-bond donors (Lipinski definition) is 2. The van der Waals surface area contributed by atoms with Gasteiger partial charge in [-0.2, -0.15) is 0 Å². The summed E-state index contributed by atoms with van der Waals surface area (Å²) in [6, 6.07) is 4.05. The molecule has 1 aromatic carbocycles. The summed E-state index contributed by atoms with van der Waals surface area (Å²) in [5.41, 5.74) is 3.16. The highest BCUT2D eigenvalue weighted by Crippen LogP contribution is 2.22. The molecule has 1 rings (SSSR count). The average molecular weight is 189 g/mol. The van der Waals surface area contributed by atoms with Crippen LogP contribution in [0.15, 0.2) is 18.2 Å². The highest BCUT2D eigenvalue weighted by Gasteiger charge is 2.08. The van der Waals surface area contributed by atoms with Gasteiger partial charge in [0.25, 0.3) is 0 Å². The standard InChI is InChI=1S/C8H10ClFN2/c1-5(12-11)7-4-6(10)2-3-8(7)9/h2-5,12H,11H2,1H3/t5-/m0/s1. The van der Waals surface area contributed by atoms with Crippen LogP contribution in [0.5, 0.6) is 0 Å². The van der Waals surface area contributed by atoms with Crippen LogP contribution in [0.1, 0.15) is 18.5 Å². The van der Waals surface area contributed by atoms with Gasteiger partial charge >= 0.3 is 0 Å². The van der Waals surface area contributed by atoms with Gasteiger partial charge in [0.1, 0.15) is 5.82 Å². The summed E-state index contributed by atoms with van der Waals surface area (Å²) >= 11 is 5.81. The van der Waals surface area contributed by atoms with Crippen molar-refractivity contribution in [3.63, 3.8) is 0 Å². The van der Waals surface area contributed by atoms with E-state index in [9.17, 15) is 4.39 Å². The fourth-order valence-corrected chi connectivity index (χ4v) is 1.22. The first-order valence-corrected chi connectivity index (χ1v) is 3.94. The zero-order chi connectivity index (χ0) is 9.14. The monoisotopic (exact) mass is 188 g/mol. The maximum Gasteiger partial charge on any atom is 0.123 e. The second-order valence-corrected chi connectivity index (χ2v) is 2.96. The minimum Gasteiger partial charge on any atom is -0.271 e. The molecule has 1 atom stereocenters. The zero-order valence-corrected chi connectivity index (χ0v) is 7.40. The molecule has 0 bridgehead atoms. The predicted molar refractivity (Wildman–Crippen MR) is 47.1 cm³/mol. The summed E-state index contributed by atoms with van der Waals surface area (Å²) in [5.74, 6) is 4.88. The van der Waals surface area contributed by atoms with Crippen LogP contribution >= 0.6 is 11.6 Å². The van der Waals surface area contributed by atoms with Crippen molar-refractivity contribution in [2.75, 3.05) is 0 Å². The largest absolute Gasteiger partial charge is 0.271 e. The lowest BCUT2D eigenvalue weighted by Crippen LogP contribution is -2.25. The van der Waals surface area contributed by atoms with Gasteiger partial charge in [-0.05, 0) is 30.7 Å². The van der Waals surface area contributed by atoms with Gasteiger partial charge in [0.15, 0.2) is 0 Å². The van der Waals surface area contributed by atoms with Crippen molar-refractivity contribution in [2.45, 2.75) is 13.0 Å². The number of nitrogens with two attached hydrogens (primary N) is 1. The number of hydrazine groups is 1. The Labute approximate surface area is 75.5 Å². The van der Waals surface area contributed by atoms with E-state index in [0.29, 0.717) is 10.6 Å². The lowest BCUT2D eigenvalue weighted by atomic mass is 10.1. The summed E-state index contributed by atoms with van der Waals surface area (Å²) in [5, 5.41) is 0.516. The topological polar surface area (TPSA) is 38.0 Å². The minimum absolute atomic E-state index is 0.145. The fourth-order valence-electron chi connectivity index (χ4n) is 0.936. The molecule has 0 aliphatic carbocycles. The van der Waals surface area contributed by atoms with E-state index in [1.54, 1.807) is 6.92 Å². The molecule has 0 aromatic heterocycles. The van der Waals surface area contributed by atoms with Crippen LogP contribution in [-0.2, 0) is 0 Å². The third-order valence-electron chi connectivity index (χ3n) is 1.67. The van der Waals surface area contributed by atoms with E-state index in [4.69, 9.17) is 17.4 Å². The van der Waals surface area contributed by atoms with Crippen molar-refractivity contribution < 1.29 is 4.39 Å². The van der Waals surface area contributed by atoms with E-state index < -0.39 is 0 Å². The molecule has 3 N–H and O–H groups in total. The average Bonchev–Trinajstić information content (AvgIpc) is 2.08.